The maximum atomic E-state index is 5.76. The average Bonchev–Trinajstić information content (AvgIpc) is 2.69. The maximum Gasteiger partial charge on any atom is 0.168 e. The molecule has 2 rings (SSSR count). The number of ether oxygens (including phenoxy) is 2. The third kappa shape index (κ3) is 3.34. The van der Waals surface area contributed by atoms with Crippen molar-refractivity contribution in [2.75, 3.05) is 13.2 Å². The predicted molar refractivity (Wildman–Crippen MR) is 72.3 cm³/mol. The van der Waals surface area contributed by atoms with Crippen LogP contribution in [0.25, 0.3) is 0 Å². The van der Waals surface area contributed by atoms with Gasteiger partial charge in [-0.25, -0.2) is 0 Å². The van der Waals surface area contributed by atoms with Crippen molar-refractivity contribution < 1.29 is 9.47 Å². The molecule has 1 saturated heterocycles. The zero-order valence-electron chi connectivity index (χ0n) is 11.6. The molecule has 1 spiro atoms. The van der Waals surface area contributed by atoms with E-state index in [2.05, 4.69) is 38.0 Å². The van der Waals surface area contributed by atoms with E-state index < -0.39 is 8.07 Å². The largest absolute Gasteiger partial charge is 0.348 e. The smallest absolute Gasteiger partial charge is 0.168 e. The molecule has 0 atom stereocenters. The highest BCUT2D eigenvalue weighted by Gasteiger charge is 2.43. The van der Waals surface area contributed by atoms with Gasteiger partial charge >= 0.3 is 0 Å². The molecule has 2 nitrogen and oxygen atoms in total. The first-order chi connectivity index (χ1) is 7.83. The SMILES string of the molecule is CC1(C#C[Si](C)(C)C)CCC2(CC1)OCCO2. The molecule has 3 heteroatoms. The molecule has 0 unspecified atom stereocenters. The minimum Gasteiger partial charge on any atom is -0.348 e. The second kappa shape index (κ2) is 4.42. The Bertz CT molecular complexity index is 329. The van der Waals surface area contributed by atoms with Crippen LogP contribution in [-0.4, -0.2) is 27.1 Å². The van der Waals surface area contributed by atoms with Gasteiger partial charge in [-0.05, 0) is 19.8 Å². The first-order valence-electron chi connectivity index (χ1n) is 6.65. The quantitative estimate of drug-likeness (QED) is 0.487. The molecule has 1 saturated carbocycles. The van der Waals surface area contributed by atoms with Crippen LogP contribution in [0.1, 0.15) is 32.6 Å². The van der Waals surface area contributed by atoms with Gasteiger partial charge in [-0.15, -0.1) is 11.5 Å². The summed E-state index contributed by atoms with van der Waals surface area (Å²) in [5.74, 6) is 3.30. The average molecular weight is 252 g/mol. The highest BCUT2D eigenvalue weighted by molar-refractivity contribution is 6.83. The van der Waals surface area contributed by atoms with Crippen LogP contribution in [0.5, 0.6) is 0 Å². The van der Waals surface area contributed by atoms with Crippen molar-refractivity contribution in [2.24, 2.45) is 5.41 Å². The van der Waals surface area contributed by atoms with Gasteiger partial charge in [-0.2, -0.15) is 0 Å². The minimum absolute atomic E-state index is 0.181. The van der Waals surface area contributed by atoms with Gasteiger partial charge in [0.2, 0.25) is 0 Å². The summed E-state index contributed by atoms with van der Waals surface area (Å²) in [5, 5.41) is 0. The molecule has 0 radical (unpaired) electrons. The fourth-order valence-corrected chi connectivity index (χ4v) is 3.11. The lowest BCUT2D eigenvalue weighted by Crippen LogP contribution is -2.38. The minimum atomic E-state index is -1.25. The number of hydrogen-bond acceptors (Lipinski definition) is 2. The van der Waals surface area contributed by atoms with Gasteiger partial charge in [0, 0.05) is 18.3 Å². The fourth-order valence-electron chi connectivity index (χ4n) is 2.43. The molecule has 1 heterocycles. The lowest BCUT2D eigenvalue weighted by molar-refractivity contribution is -0.186. The normalized spacial score (nSPS) is 26.6. The third-order valence-corrected chi connectivity index (χ3v) is 4.54. The van der Waals surface area contributed by atoms with E-state index in [9.17, 15) is 0 Å². The Morgan fingerprint density at radius 3 is 1.94 bits per heavy atom. The van der Waals surface area contributed by atoms with E-state index in [-0.39, 0.29) is 11.2 Å². The first kappa shape index (κ1) is 13.1. The molecular formula is C14H24O2Si. The van der Waals surface area contributed by atoms with Gasteiger partial charge in [-0.1, -0.05) is 19.6 Å². The van der Waals surface area contributed by atoms with Crippen LogP contribution in [0.15, 0.2) is 0 Å². The summed E-state index contributed by atoms with van der Waals surface area (Å²) >= 11 is 0. The lowest BCUT2D eigenvalue weighted by Gasteiger charge is -2.39. The van der Waals surface area contributed by atoms with Crippen molar-refractivity contribution in [3.05, 3.63) is 0 Å². The Morgan fingerprint density at radius 2 is 1.47 bits per heavy atom. The van der Waals surface area contributed by atoms with E-state index in [1.54, 1.807) is 0 Å². The van der Waals surface area contributed by atoms with Gasteiger partial charge in [-0.3, -0.25) is 0 Å². The van der Waals surface area contributed by atoms with Crippen molar-refractivity contribution in [2.45, 2.75) is 58.0 Å². The summed E-state index contributed by atoms with van der Waals surface area (Å²) in [6.45, 7) is 10.7. The van der Waals surface area contributed by atoms with Crippen molar-refractivity contribution in [1.82, 2.24) is 0 Å². The van der Waals surface area contributed by atoms with E-state index in [0.29, 0.717) is 0 Å². The molecule has 0 N–H and O–H groups in total. The van der Waals surface area contributed by atoms with Crippen molar-refractivity contribution in [3.63, 3.8) is 0 Å². The molecule has 0 aromatic carbocycles. The highest BCUT2D eigenvalue weighted by atomic mass is 28.3. The Labute approximate surface area is 106 Å². The van der Waals surface area contributed by atoms with Crippen LogP contribution < -0.4 is 0 Å². The van der Waals surface area contributed by atoms with Crippen molar-refractivity contribution in [1.29, 1.82) is 0 Å². The predicted octanol–water partition coefficient (Wildman–Crippen LogP) is 3.19. The van der Waals surface area contributed by atoms with E-state index >= 15 is 0 Å². The summed E-state index contributed by atoms with van der Waals surface area (Å²) in [5.41, 5.74) is 3.70. The van der Waals surface area contributed by atoms with Gasteiger partial charge in [0.25, 0.3) is 0 Å². The topological polar surface area (TPSA) is 18.5 Å². The molecule has 2 aliphatic rings. The second-order valence-corrected chi connectivity index (χ2v) is 11.4. The summed E-state index contributed by atoms with van der Waals surface area (Å²) in [6, 6.07) is 0. The van der Waals surface area contributed by atoms with Gasteiger partial charge in [0.05, 0.1) is 13.2 Å². The Kier molecular flexibility index (Phi) is 3.42. The van der Waals surface area contributed by atoms with Crippen molar-refractivity contribution in [3.8, 4) is 11.5 Å². The van der Waals surface area contributed by atoms with Gasteiger partial charge in [0.1, 0.15) is 8.07 Å². The molecule has 0 aromatic rings. The Morgan fingerprint density at radius 1 is 0.941 bits per heavy atom. The molecule has 17 heavy (non-hydrogen) atoms. The zero-order valence-corrected chi connectivity index (χ0v) is 12.6. The van der Waals surface area contributed by atoms with E-state index in [4.69, 9.17) is 9.47 Å². The molecule has 96 valence electrons. The summed E-state index contributed by atoms with van der Waals surface area (Å²) in [4.78, 5) is 0. The summed E-state index contributed by atoms with van der Waals surface area (Å²) < 4.78 is 11.5. The molecule has 0 bridgehead atoms. The van der Waals surface area contributed by atoms with E-state index in [1.165, 1.54) is 0 Å². The van der Waals surface area contributed by atoms with Crippen LogP contribution >= 0.6 is 0 Å². The lowest BCUT2D eigenvalue weighted by atomic mass is 9.74. The summed E-state index contributed by atoms with van der Waals surface area (Å²) in [6.07, 6.45) is 4.21. The molecule has 1 aliphatic carbocycles. The Hall–Kier alpha value is -0.303. The van der Waals surface area contributed by atoms with Crippen LogP contribution in [0, 0.1) is 16.9 Å². The second-order valence-electron chi connectivity index (χ2n) is 6.67. The maximum absolute atomic E-state index is 5.76. The van der Waals surface area contributed by atoms with Crippen LogP contribution in [0.4, 0.5) is 0 Å². The first-order valence-corrected chi connectivity index (χ1v) is 10.1. The molecular weight excluding hydrogens is 228 g/mol. The van der Waals surface area contributed by atoms with E-state index in [1.807, 2.05) is 0 Å². The molecule has 2 fully saturated rings. The molecule has 1 aliphatic heterocycles. The monoisotopic (exact) mass is 252 g/mol. The fraction of sp³-hybridized carbons (Fsp3) is 0.857. The highest BCUT2D eigenvalue weighted by Crippen LogP contribution is 2.44. The van der Waals surface area contributed by atoms with E-state index in [0.717, 1.165) is 38.9 Å². The third-order valence-electron chi connectivity index (χ3n) is 3.67. The van der Waals surface area contributed by atoms with Crippen molar-refractivity contribution >= 4 is 8.07 Å². The molecule has 0 aromatic heterocycles. The number of rotatable bonds is 0. The summed E-state index contributed by atoms with van der Waals surface area (Å²) in [7, 11) is -1.25. The molecule has 0 amide bonds. The number of hydrogen-bond donors (Lipinski definition) is 0. The van der Waals surface area contributed by atoms with Gasteiger partial charge < -0.3 is 9.47 Å². The van der Waals surface area contributed by atoms with Crippen LogP contribution in [0.2, 0.25) is 19.6 Å². The van der Waals surface area contributed by atoms with Gasteiger partial charge in [0.15, 0.2) is 5.79 Å². The van der Waals surface area contributed by atoms with Crippen LogP contribution in [0.3, 0.4) is 0 Å². The Balaban J connectivity index is 1.99. The standard InChI is InChI=1S/C14H24O2Si/c1-13(9-12-17(2,3)4)5-7-14(8-6-13)15-10-11-16-14/h5-8,10-11H2,1-4H3. The zero-order chi connectivity index (χ0) is 12.6. The van der Waals surface area contributed by atoms with Crippen LogP contribution in [-0.2, 0) is 9.47 Å².